The highest BCUT2D eigenvalue weighted by molar-refractivity contribution is 5.98. The topological polar surface area (TPSA) is 102 Å². The molecule has 0 saturated carbocycles. The Labute approximate surface area is 202 Å². The minimum Gasteiger partial charge on any atom is -0.487 e. The van der Waals surface area contributed by atoms with Crippen molar-refractivity contribution in [3.8, 4) is 5.75 Å². The Morgan fingerprint density at radius 1 is 0.971 bits per heavy atom. The molecule has 0 aliphatic carbocycles. The third-order valence-electron chi connectivity index (χ3n) is 5.44. The summed E-state index contributed by atoms with van der Waals surface area (Å²) in [4.78, 5) is 29.1. The maximum absolute atomic E-state index is 12.2. The van der Waals surface area contributed by atoms with E-state index in [1.54, 1.807) is 18.3 Å². The Morgan fingerprint density at radius 3 is 2.60 bits per heavy atom. The number of benzene rings is 2. The summed E-state index contributed by atoms with van der Waals surface area (Å²) < 4.78 is 10.7. The Kier molecular flexibility index (Phi) is 6.34. The predicted octanol–water partition coefficient (Wildman–Crippen LogP) is 5.05. The van der Waals surface area contributed by atoms with Crippen LogP contribution in [0.25, 0.3) is 11.0 Å². The molecule has 8 nitrogen and oxygen atoms in total. The summed E-state index contributed by atoms with van der Waals surface area (Å²) in [5, 5.41) is 3.28. The number of esters is 1. The number of nitrogens with one attached hydrogen (secondary N) is 2. The van der Waals surface area contributed by atoms with E-state index < -0.39 is 5.97 Å². The molecule has 0 fully saturated rings. The minimum absolute atomic E-state index is 0.412. The van der Waals surface area contributed by atoms with Gasteiger partial charge in [-0.05, 0) is 48.0 Å². The molecule has 8 heteroatoms. The fraction of sp³-hybridized carbons (Fsp3) is 0.111. The first kappa shape index (κ1) is 22.1. The first-order valence-electron chi connectivity index (χ1n) is 11.1. The van der Waals surface area contributed by atoms with Gasteiger partial charge in [0.15, 0.2) is 5.82 Å². The van der Waals surface area contributed by atoms with Gasteiger partial charge in [0.1, 0.15) is 23.7 Å². The highest BCUT2D eigenvalue weighted by atomic mass is 16.5. The molecule has 2 N–H and O–H groups in total. The van der Waals surface area contributed by atoms with Crippen molar-refractivity contribution in [2.24, 2.45) is 0 Å². The number of carbonyl (C=O) groups excluding carboxylic acids is 1. The van der Waals surface area contributed by atoms with Gasteiger partial charge in [0, 0.05) is 18.8 Å². The molecule has 0 radical (unpaired) electrons. The van der Waals surface area contributed by atoms with Crippen LogP contribution >= 0.6 is 0 Å². The molecular weight excluding hydrogens is 442 g/mol. The quantitative estimate of drug-likeness (QED) is 0.309. The summed E-state index contributed by atoms with van der Waals surface area (Å²) in [6, 6.07) is 22.7. The third-order valence-corrected chi connectivity index (χ3v) is 5.44. The zero-order valence-corrected chi connectivity index (χ0v) is 19.1. The van der Waals surface area contributed by atoms with Gasteiger partial charge >= 0.3 is 5.97 Å². The maximum atomic E-state index is 12.2. The molecule has 0 aliphatic rings. The van der Waals surface area contributed by atoms with Crippen molar-refractivity contribution in [2.75, 3.05) is 12.4 Å². The van der Waals surface area contributed by atoms with Gasteiger partial charge in [-0.3, -0.25) is 4.98 Å². The zero-order valence-electron chi connectivity index (χ0n) is 19.1. The van der Waals surface area contributed by atoms with Crippen LogP contribution in [0.15, 0.2) is 85.2 Å². The van der Waals surface area contributed by atoms with Crippen LogP contribution < -0.4 is 10.1 Å². The number of methoxy groups -OCH3 is 1. The van der Waals surface area contributed by atoms with E-state index in [4.69, 9.17) is 19.4 Å². The standard InChI is InChI=1S/C27H23N5O3/c1-34-27(33)21-7-2-3-8-22(21)31-26-25-23(13-15-29-25)30-24(32-26)16-18-9-11-20(12-10-18)35-17-19-6-4-5-14-28-19/h2-15,29H,16-17H2,1H3,(H,30,31,32). The first-order chi connectivity index (χ1) is 17.2. The molecule has 2 aromatic carbocycles. The number of H-pyrrole nitrogens is 1. The van der Waals surface area contributed by atoms with Crippen LogP contribution in [0, 0.1) is 0 Å². The van der Waals surface area contributed by atoms with E-state index in [0.717, 1.165) is 28.0 Å². The lowest BCUT2D eigenvalue weighted by Gasteiger charge is -2.12. The highest BCUT2D eigenvalue weighted by Gasteiger charge is 2.15. The van der Waals surface area contributed by atoms with Gasteiger partial charge in [0.05, 0.1) is 29.6 Å². The number of rotatable bonds is 8. The monoisotopic (exact) mass is 465 g/mol. The zero-order chi connectivity index (χ0) is 24.0. The van der Waals surface area contributed by atoms with Gasteiger partial charge in [0.2, 0.25) is 0 Å². The van der Waals surface area contributed by atoms with Gasteiger partial charge in [0.25, 0.3) is 0 Å². The second kappa shape index (κ2) is 10.0. The number of nitrogens with zero attached hydrogens (tertiary/aromatic N) is 3. The van der Waals surface area contributed by atoms with E-state index in [9.17, 15) is 4.79 Å². The van der Waals surface area contributed by atoms with E-state index in [1.807, 2.05) is 66.9 Å². The SMILES string of the molecule is COC(=O)c1ccccc1Nc1nc(Cc2ccc(OCc3ccccn3)cc2)nc2cc[nH]c12. The number of hydrogen-bond donors (Lipinski definition) is 2. The average Bonchev–Trinajstić information content (AvgIpc) is 3.38. The van der Waals surface area contributed by atoms with Crippen molar-refractivity contribution in [3.63, 3.8) is 0 Å². The number of hydrogen-bond acceptors (Lipinski definition) is 7. The van der Waals surface area contributed by atoms with E-state index in [1.165, 1.54) is 7.11 Å². The molecule has 174 valence electrons. The Morgan fingerprint density at radius 2 is 1.80 bits per heavy atom. The molecule has 0 bridgehead atoms. The van der Waals surface area contributed by atoms with Crippen molar-refractivity contribution in [1.82, 2.24) is 19.9 Å². The van der Waals surface area contributed by atoms with Crippen molar-refractivity contribution in [2.45, 2.75) is 13.0 Å². The number of aromatic nitrogens is 4. The predicted molar refractivity (Wildman–Crippen MR) is 133 cm³/mol. The summed E-state index contributed by atoms with van der Waals surface area (Å²) in [5.74, 6) is 1.58. The Balaban J connectivity index is 1.35. The molecule has 3 heterocycles. The molecule has 5 aromatic rings. The van der Waals surface area contributed by atoms with E-state index in [-0.39, 0.29) is 0 Å². The largest absolute Gasteiger partial charge is 0.487 e. The summed E-state index contributed by atoms with van der Waals surface area (Å²) in [6.45, 7) is 0.412. The van der Waals surface area contributed by atoms with Crippen LogP contribution in [-0.4, -0.2) is 33.0 Å². The van der Waals surface area contributed by atoms with Gasteiger partial charge < -0.3 is 19.8 Å². The van der Waals surface area contributed by atoms with Crippen LogP contribution in [0.1, 0.15) is 27.4 Å². The Bertz CT molecular complexity index is 1450. The summed E-state index contributed by atoms with van der Waals surface area (Å²) in [7, 11) is 1.36. The summed E-state index contributed by atoms with van der Waals surface area (Å²) in [5.41, 5.74) is 4.49. The number of anilines is 2. The van der Waals surface area contributed by atoms with Crippen molar-refractivity contribution < 1.29 is 14.3 Å². The van der Waals surface area contributed by atoms with Crippen LogP contribution in [-0.2, 0) is 17.8 Å². The van der Waals surface area contributed by atoms with Crippen LogP contribution in [0.4, 0.5) is 11.5 Å². The van der Waals surface area contributed by atoms with Crippen LogP contribution in [0.5, 0.6) is 5.75 Å². The van der Waals surface area contributed by atoms with Gasteiger partial charge in [-0.2, -0.15) is 0 Å². The third kappa shape index (κ3) is 5.11. The van der Waals surface area contributed by atoms with Crippen LogP contribution in [0.3, 0.4) is 0 Å². The van der Waals surface area contributed by atoms with Crippen molar-refractivity contribution >= 4 is 28.5 Å². The number of aromatic amines is 1. The molecule has 35 heavy (non-hydrogen) atoms. The average molecular weight is 466 g/mol. The lowest BCUT2D eigenvalue weighted by Crippen LogP contribution is -2.07. The molecule has 0 unspecified atom stereocenters. The van der Waals surface area contributed by atoms with Gasteiger partial charge in [-0.1, -0.05) is 30.3 Å². The smallest absolute Gasteiger partial charge is 0.339 e. The van der Waals surface area contributed by atoms with Crippen molar-refractivity contribution in [1.29, 1.82) is 0 Å². The van der Waals surface area contributed by atoms with Crippen LogP contribution in [0.2, 0.25) is 0 Å². The first-order valence-corrected chi connectivity index (χ1v) is 11.1. The second-order valence-corrected chi connectivity index (χ2v) is 7.82. The normalized spacial score (nSPS) is 10.8. The summed E-state index contributed by atoms with van der Waals surface area (Å²) >= 11 is 0. The molecule has 0 spiro atoms. The van der Waals surface area contributed by atoms with E-state index in [0.29, 0.717) is 35.9 Å². The molecule has 0 aliphatic heterocycles. The fourth-order valence-electron chi connectivity index (χ4n) is 3.70. The number of ether oxygens (including phenoxy) is 2. The minimum atomic E-state index is -0.421. The van der Waals surface area contributed by atoms with E-state index >= 15 is 0 Å². The molecule has 0 atom stereocenters. The molecule has 3 aromatic heterocycles. The van der Waals surface area contributed by atoms with Gasteiger partial charge in [-0.15, -0.1) is 0 Å². The second-order valence-electron chi connectivity index (χ2n) is 7.82. The van der Waals surface area contributed by atoms with E-state index in [2.05, 4.69) is 15.3 Å². The lowest BCUT2D eigenvalue weighted by atomic mass is 10.1. The number of para-hydroxylation sites is 1. The molecular formula is C27H23N5O3. The maximum Gasteiger partial charge on any atom is 0.339 e. The number of carbonyl (C=O) groups is 1. The molecule has 0 saturated heterocycles. The number of fused-ring (bicyclic) bond motifs is 1. The fourth-order valence-corrected chi connectivity index (χ4v) is 3.70. The molecule has 5 rings (SSSR count). The van der Waals surface area contributed by atoms with Crippen molar-refractivity contribution in [3.05, 3.63) is 108 Å². The molecule has 0 amide bonds. The van der Waals surface area contributed by atoms with Gasteiger partial charge in [-0.25, -0.2) is 14.8 Å². The number of pyridine rings is 1. The summed E-state index contributed by atoms with van der Waals surface area (Å²) in [6.07, 6.45) is 4.10. The Hall–Kier alpha value is -4.72. The highest BCUT2D eigenvalue weighted by Crippen LogP contribution is 2.26. The lowest BCUT2D eigenvalue weighted by molar-refractivity contribution is 0.0602.